The van der Waals surface area contributed by atoms with E-state index in [4.69, 9.17) is 0 Å². The maximum atomic E-state index is 11.0. The van der Waals surface area contributed by atoms with Gasteiger partial charge in [-0.3, -0.25) is 0 Å². The molecule has 0 saturated heterocycles. The first-order chi connectivity index (χ1) is 12.6. The number of phenolic OH excluding ortho intramolecular Hbond substituents is 2. The van der Waals surface area contributed by atoms with Crippen molar-refractivity contribution in [3.05, 3.63) is 58.1 Å². The van der Waals surface area contributed by atoms with E-state index in [1.165, 1.54) is 5.56 Å². The number of phenols is 2. The van der Waals surface area contributed by atoms with Gasteiger partial charge in [0.25, 0.3) is 0 Å². The lowest BCUT2D eigenvalue weighted by molar-refractivity contribution is 0.400. The highest BCUT2D eigenvalue weighted by Gasteiger charge is 2.29. The van der Waals surface area contributed by atoms with Gasteiger partial charge in [0, 0.05) is 0 Å². The normalized spacial score (nSPS) is 13.0. The molecule has 0 bridgehead atoms. The fourth-order valence-electron chi connectivity index (χ4n) is 3.89. The predicted molar refractivity (Wildman–Crippen MR) is 120 cm³/mol. The quantitative estimate of drug-likeness (QED) is 0.603. The highest BCUT2D eigenvalue weighted by Crippen LogP contribution is 2.42. The summed E-state index contributed by atoms with van der Waals surface area (Å²) in [7, 11) is 0. The zero-order valence-corrected chi connectivity index (χ0v) is 19.2. The van der Waals surface area contributed by atoms with Crippen LogP contribution in [0.4, 0.5) is 0 Å². The van der Waals surface area contributed by atoms with Crippen molar-refractivity contribution in [1.82, 2.24) is 0 Å². The Labute approximate surface area is 171 Å². The van der Waals surface area contributed by atoms with Crippen LogP contribution in [-0.2, 0) is 22.7 Å². The first kappa shape index (κ1) is 22.3. The summed E-state index contributed by atoms with van der Waals surface area (Å²) >= 11 is 0. The molecule has 0 aromatic heterocycles. The molecular formula is C26H38O2. The summed E-state index contributed by atoms with van der Waals surface area (Å²) in [5, 5.41) is 21.8. The molecule has 0 aliphatic carbocycles. The van der Waals surface area contributed by atoms with Gasteiger partial charge in [0.15, 0.2) is 0 Å². The van der Waals surface area contributed by atoms with E-state index in [1.807, 2.05) is 18.2 Å². The van der Waals surface area contributed by atoms with Crippen LogP contribution in [0.2, 0.25) is 0 Å². The number of hydrogen-bond donors (Lipinski definition) is 2. The van der Waals surface area contributed by atoms with E-state index in [2.05, 4.69) is 74.4 Å². The topological polar surface area (TPSA) is 40.5 Å². The first-order valence-electron chi connectivity index (χ1n) is 10.3. The van der Waals surface area contributed by atoms with Crippen LogP contribution in [0, 0.1) is 6.92 Å². The summed E-state index contributed by atoms with van der Waals surface area (Å²) in [6.07, 6.45) is 1.61. The summed E-state index contributed by atoms with van der Waals surface area (Å²) in [4.78, 5) is 0. The monoisotopic (exact) mass is 382 g/mol. The zero-order valence-electron chi connectivity index (χ0n) is 19.2. The Hall–Kier alpha value is -1.96. The number of benzene rings is 2. The Kier molecular flexibility index (Phi) is 5.95. The average Bonchev–Trinajstić information content (AvgIpc) is 2.53. The molecule has 2 nitrogen and oxygen atoms in total. The van der Waals surface area contributed by atoms with Gasteiger partial charge in [0.05, 0.1) is 0 Å². The average molecular weight is 383 g/mol. The highest BCUT2D eigenvalue weighted by atomic mass is 16.3. The largest absolute Gasteiger partial charge is 0.507 e. The Morgan fingerprint density at radius 1 is 0.714 bits per heavy atom. The molecule has 0 heterocycles. The minimum Gasteiger partial charge on any atom is -0.507 e. The zero-order chi connectivity index (χ0) is 21.5. The molecule has 0 saturated carbocycles. The van der Waals surface area contributed by atoms with Gasteiger partial charge in [-0.2, -0.15) is 0 Å². The van der Waals surface area contributed by atoms with Crippen LogP contribution in [0.3, 0.4) is 0 Å². The van der Waals surface area contributed by atoms with Crippen LogP contribution < -0.4 is 0 Å². The fourth-order valence-corrected chi connectivity index (χ4v) is 3.89. The third-order valence-electron chi connectivity index (χ3n) is 5.73. The second-order valence-corrected chi connectivity index (χ2v) is 10.9. The molecule has 0 atom stereocenters. The summed E-state index contributed by atoms with van der Waals surface area (Å²) in [5.74, 6) is 0.824. The molecule has 0 aliphatic heterocycles. The maximum Gasteiger partial charge on any atom is 0.123 e. The lowest BCUT2D eigenvalue weighted by Crippen LogP contribution is -2.21. The lowest BCUT2D eigenvalue weighted by atomic mass is 9.75. The fraction of sp³-hybridized carbons (Fsp3) is 0.538. The Morgan fingerprint density at radius 3 is 1.79 bits per heavy atom. The number of hydrogen-bond acceptors (Lipinski definition) is 2. The molecule has 2 rings (SSSR count). The van der Waals surface area contributed by atoms with Crippen LogP contribution in [0.15, 0.2) is 30.3 Å². The summed E-state index contributed by atoms with van der Waals surface area (Å²) in [6, 6.07) is 10.3. The van der Waals surface area contributed by atoms with Gasteiger partial charge in [-0.15, -0.1) is 0 Å². The molecule has 2 N–H and O–H groups in total. The Morgan fingerprint density at radius 2 is 1.25 bits per heavy atom. The standard InChI is InChI=1S/C26H38O2/c1-17-15-18(22(27)21(16-17)25(5,6)7)13-14-26(8,9)20-12-10-11-19(23(20)28)24(2,3)4/h10-12,15-16,27-28H,13-14H2,1-9H3. The van der Waals surface area contributed by atoms with Crippen LogP contribution in [0.25, 0.3) is 0 Å². The van der Waals surface area contributed by atoms with Crippen molar-refractivity contribution in [3.8, 4) is 11.5 Å². The van der Waals surface area contributed by atoms with Gasteiger partial charge in [0.2, 0.25) is 0 Å². The van der Waals surface area contributed by atoms with Crippen LogP contribution in [-0.4, -0.2) is 10.2 Å². The summed E-state index contributed by atoms with van der Waals surface area (Å²) in [6.45, 7) is 19.2. The van der Waals surface area contributed by atoms with Gasteiger partial charge in [0.1, 0.15) is 11.5 Å². The van der Waals surface area contributed by atoms with Gasteiger partial charge < -0.3 is 10.2 Å². The molecule has 2 aromatic carbocycles. The van der Waals surface area contributed by atoms with Crippen LogP contribution >= 0.6 is 0 Å². The smallest absolute Gasteiger partial charge is 0.123 e. The molecule has 0 fully saturated rings. The van der Waals surface area contributed by atoms with Crippen molar-refractivity contribution in [2.75, 3.05) is 0 Å². The number of aromatic hydroxyl groups is 2. The molecular weight excluding hydrogens is 344 g/mol. The molecule has 0 radical (unpaired) electrons. The second-order valence-electron chi connectivity index (χ2n) is 10.9. The number of para-hydroxylation sites is 1. The first-order valence-corrected chi connectivity index (χ1v) is 10.3. The van der Waals surface area contributed by atoms with Crippen molar-refractivity contribution in [1.29, 1.82) is 0 Å². The van der Waals surface area contributed by atoms with Crippen molar-refractivity contribution < 1.29 is 10.2 Å². The van der Waals surface area contributed by atoms with E-state index in [0.717, 1.165) is 35.1 Å². The number of rotatable bonds is 4. The van der Waals surface area contributed by atoms with E-state index in [-0.39, 0.29) is 16.2 Å². The van der Waals surface area contributed by atoms with Crippen molar-refractivity contribution >= 4 is 0 Å². The van der Waals surface area contributed by atoms with Crippen molar-refractivity contribution in [2.24, 2.45) is 0 Å². The van der Waals surface area contributed by atoms with Gasteiger partial charge in [-0.25, -0.2) is 0 Å². The van der Waals surface area contributed by atoms with Crippen LogP contribution in [0.5, 0.6) is 11.5 Å². The summed E-state index contributed by atoms with van der Waals surface area (Å²) in [5.41, 5.74) is 4.71. The van der Waals surface area contributed by atoms with E-state index >= 15 is 0 Å². The van der Waals surface area contributed by atoms with E-state index in [1.54, 1.807) is 0 Å². The molecule has 0 spiro atoms. The van der Waals surface area contributed by atoms with Crippen molar-refractivity contribution in [3.63, 3.8) is 0 Å². The second kappa shape index (κ2) is 7.46. The maximum absolute atomic E-state index is 11.0. The third kappa shape index (κ3) is 4.71. The Balaban J connectivity index is 2.37. The van der Waals surface area contributed by atoms with Gasteiger partial charge >= 0.3 is 0 Å². The molecule has 0 unspecified atom stereocenters. The molecule has 2 aromatic rings. The number of aryl methyl sites for hydroxylation is 2. The summed E-state index contributed by atoms with van der Waals surface area (Å²) < 4.78 is 0. The minimum atomic E-state index is -0.205. The SMILES string of the molecule is Cc1cc(CCC(C)(C)c2cccc(C(C)(C)C)c2O)c(O)c(C(C)(C)C)c1. The minimum absolute atomic E-state index is 0.0975. The van der Waals surface area contributed by atoms with E-state index in [9.17, 15) is 10.2 Å². The van der Waals surface area contributed by atoms with Crippen molar-refractivity contribution in [2.45, 2.75) is 91.4 Å². The van der Waals surface area contributed by atoms with Gasteiger partial charge in [-0.05, 0) is 58.3 Å². The third-order valence-corrected chi connectivity index (χ3v) is 5.73. The molecule has 0 amide bonds. The highest BCUT2D eigenvalue weighted by molar-refractivity contribution is 5.49. The lowest BCUT2D eigenvalue weighted by Gasteiger charge is -2.30. The molecule has 0 aliphatic rings. The van der Waals surface area contributed by atoms with E-state index in [0.29, 0.717) is 11.5 Å². The van der Waals surface area contributed by atoms with E-state index < -0.39 is 0 Å². The van der Waals surface area contributed by atoms with Gasteiger partial charge in [-0.1, -0.05) is 91.3 Å². The molecule has 2 heteroatoms. The van der Waals surface area contributed by atoms with Crippen LogP contribution in [0.1, 0.15) is 89.6 Å². The molecule has 28 heavy (non-hydrogen) atoms. The molecule has 154 valence electrons. The Bertz CT molecular complexity index is 846. The predicted octanol–water partition coefficient (Wildman–Crippen LogP) is 6.91.